The fraction of sp³-hybridized carbons (Fsp3) is 0.235. The molecule has 1 heterocycles. The van der Waals surface area contributed by atoms with E-state index >= 15 is 0 Å². The molecule has 0 radical (unpaired) electrons. The van der Waals surface area contributed by atoms with E-state index in [9.17, 15) is 13.2 Å². The normalized spacial score (nSPS) is 16.3. The fourth-order valence-electron chi connectivity index (χ4n) is 2.34. The van der Waals surface area contributed by atoms with Gasteiger partial charge in [0.2, 0.25) is 10.0 Å². The van der Waals surface area contributed by atoms with Gasteiger partial charge in [-0.3, -0.25) is 0 Å². The predicted octanol–water partition coefficient (Wildman–Crippen LogP) is 1.59. The number of esters is 1. The lowest BCUT2D eigenvalue weighted by atomic mass is 10.2. The van der Waals surface area contributed by atoms with Crippen LogP contribution >= 0.6 is 0 Å². The van der Waals surface area contributed by atoms with Gasteiger partial charge < -0.3 is 14.2 Å². The van der Waals surface area contributed by atoms with Crippen molar-refractivity contribution in [3.8, 4) is 11.5 Å². The van der Waals surface area contributed by atoms with Crippen LogP contribution in [0.4, 0.5) is 0 Å². The van der Waals surface area contributed by atoms with Crippen molar-refractivity contribution in [2.75, 3.05) is 20.3 Å². The summed E-state index contributed by atoms with van der Waals surface area (Å²) in [5.74, 6) is 0.698. The molecule has 0 saturated heterocycles. The molecule has 2 aromatic rings. The highest BCUT2D eigenvalue weighted by Crippen LogP contribution is 2.30. The lowest BCUT2D eigenvalue weighted by molar-refractivity contribution is 0.0600. The Kier molecular flexibility index (Phi) is 4.91. The molecule has 0 aliphatic carbocycles. The summed E-state index contributed by atoms with van der Waals surface area (Å²) in [5, 5.41) is 0. The minimum Gasteiger partial charge on any atom is -0.486 e. The highest BCUT2D eigenvalue weighted by molar-refractivity contribution is 7.89. The average Bonchev–Trinajstić information content (AvgIpc) is 2.65. The van der Waals surface area contributed by atoms with Gasteiger partial charge in [0.05, 0.1) is 24.1 Å². The molecule has 1 aliphatic heterocycles. The molecule has 1 aliphatic rings. The summed E-state index contributed by atoms with van der Waals surface area (Å²) in [6.45, 7) is 0.316. The minimum atomic E-state index is -3.72. The van der Waals surface area contributed by atoms with Crippen molar-refractivity contribution < 1.29 is 27.4 Å². The quantitative estimate of drug-likeness (QED) is 0.812. The standard InChI is InChI=1S/C17H17NO6S/c1-22-17(19)12-6-8-14(9-7-12)25(20,21)18-10-13-11-23-15-4-2-3-5-16(15)24-13/h2-9,13,18H,10-11H2,1H3. The van der Waals surface area contributed by atoms with Crippen molar-refractivity contribution >= 4 is 16.0 Å². The van der Waals surface area contributed by atoms with E-state index in [0.29, 0.717) is 11.5 Å². The second-order valence-corrected chi connectivity index (χ2v) is 7.13. The Balaban J connectivity index is 1.63. The summed E-state index contributed by atoms with van der Waals surface area (Å²) in [4.78, 5) is 11.4. The summed E-state index contributed by atoms with van der Waals surface area (Å²) < 4.78 is 43.0. The summed E-state index contributed by atoms with van der Waals surface area (Å²) in [5.41, 5.74) is 0.280. The third kappa shape index (κ3) is 3.92. The van der Waals surface area contributed by atoms with E-state index in [-0.39, 0.29) is 23.6 Å². The molecule has 1 N–H and O–H groups in total. The zero-order valence-electron chi connectivity index (χ0n) is 13.5. The zero-order valence-corrected chi connectivity index (χ0v) is 14.3. The number of para-hydroxylation sites is 2. The molecule has 0 bridgehead atoms. The number of hydrogen-bond donors (Lipinski definition) is 1. The molecular formula is C17H17NO6S. The summed E-state index contributed by atoms with van der Waals surface area (Å²) in [6, 6.07) is 12.7. The second kappa shape index (κ2) is 7.12. The Labute approximate surface area is 145 Å². The van der Waals surface area contributed by atoms with Crippen molar-refractivity contribution in [2.24, 2.45) is 0 Å². The Hall–Kier alpha value is -2.58. The van der Waals surface area contributed by atoms with E-state index in [1.807, 2.05) is 12.1 Å². The Morgan fingerprint density at radius 2 is 1.84 bits per heavy atom. The van der Waals surface area contributed by atoms with Crippen LogP contribution in [-0.2, 0) is 14.8 Å². The number of benzene rings is 2. The monoisotopic (exact) mass is 363 g/mol. The van der Waals surface area contributed by atoms with Gasteiger partial charge >= 0.3 is 5.97 Å². The number of carbonyl (C=O) groups is 1. The van der Waals surface area contributed by atoms with Gasteiger partial charge in [0.25, 0.3) is 0 Å². The highest BCUT2D eigenvalue weighted by atomic mass is 32.2. The molecule has 1 unspecified atom stereocenters. The first-order chi connectivity index (χ1) is 12.0. The Morgan fingerprint density at radius 3 is 2.52 bits per heavy atom. The lowest BCUT2D eigenvalue weighted by Gasteiger charge is -2.26. The zero-order chi connectivity index (χ0) is 17.9. The van der Waals surface area contributed by atoms with Crippen LogP contribution in [0.3, 0.4) is 0 Å². The predicted molar refractivity (Wildman–Crippen MR) is 89.3 cm³/mol. The van der Waals surface area contributed by atoms with Crippen molar-refractivity contribution in [1.82, 2.24) is 4.72 Å². The lowest BCUT2D eigenvalue weighted by Crippen LogP contribution is -2.40. The van der Waals surface area contributed by atoms with Gasteiger partial charge in [-0.1, -0.05) is 12.1 Å². The molecule has 132 valence electrons. The summed E-state index contributed by atoms with van der Waals surface area (Å²) in [6.07, 6.45) is -0.431. The van der Waals surface area contributed by atoms with Crippen LogP contribution in [0.1, 0.15) is 10.4 Å². The molecule has 25 heavy (non-hydrogen) atoms. The van der Waals surface area contributed by atoms with Crippen molar-refractivity contribution in [2.45, 2.75) is 11.0 Å². The molecule has 3 rings (SSSR count). The molecular weight excluding hydrogens is 346 g/mol. The first-order valence-corrected chi connectivity index (χ1v) is 9.04. The van der Waals surface area contributed by atoms with E-state index < -0.39 is 22.1 Å². The second-order valence-electron chi connectivity index (χ2n) is 5.37. The maximum absolute atomic E-state index is 12.3. The molecule has 0 aromatic heterocycles. The van der Waals surface area contributed by atoms with Gasteiger partial charge in [-0.2, -0.15) is 0 Å². The summed E-state index contributed by atoms with van der Waals surface area (Å²) >= 11 is 0. The van der Waals surface area contributed by atoms with Crippen LogP contribution < -0.4 is 14.2 Å². The van der Waals surface area contributed by atoms with Crippen LogP contribution in [0.5, 0.6) is 11.5 Å². The van der Waals surface area contributed by atoms with E-state index in [0.717, 1.165) is 0 Å². The van der Waals surface area contributed by atoms with Crippen molar-refractivity contribution in [3.05, 3.63) is 54.1 Å². The molecule has 2 aromatic carbocycles. The van der Waals surface area contributed by atoms with E-state index in [1.54, 1.807) is 12.1 Å². The van der Waals surface area contributed by atoms with E-state index in [4.69, 9.17) is 9.47 Å². The van der Waals surface area contributed by atoms with Crippen LogP contribution in [0.25, 0.3) is 0 Å². The van der Waals surface area contributed by atoms with Gasteiger partial charge in [-0.05, 0) is 36.4 Å². The van der Waals surface area contributed by atoms with Gasteiger partial charge in [-0.25, -0.2) is 17.9 Å². The largest absolute Gasteiger partial charge is 0.486 e. The van der Waals surface area contributed by atoms with Crippen LogP contribution in [0.15, 0.2) is 53.4 Å². The Bertz CT molecular complexity index is 863. The number of nitrogens with one attached hydrogen (secondary N) is 1. The fourth-order valence-corrected chi connectivity index (χ4v) is 3.40. The number of carbonyl (C=O) groups excluding carboxylic acids is 1. The molecule has 8 heteroatoms. The average molecular weight is 363 g/mol. The SMILES string of the molecule is COC(=O)c1ccc(S(=O)(=O)NCC2COc3ccccc3O2)cc1. The first-order valence-electron chi connectivity index (χ1n) is 7.56. The van der Waals surface area contributed by atoms with Gasteiger partial charge in [0.15, 0.2) is 11.5 Å². The molecule has 0 fully saturated rings. The summed E-state index contributed by atoms with van der Waals surface area (Å²) in [7, 11) is -2.46. The van der Waals surface area contributed by atoms with Crippen molar-refractivity contribution in [3.63, 3.8) is 0 Å². The maximum atomic E-state index is 12.3. The minimum absolute atomic E-state index is 0.0530. The Morgan fingerprint density at radius 1 is 1.16 bits per heavy atom. The highest BCUT2D eigenvalue weighted by Gasteiger charge is 2.23. The van der Waals surface area contributed by atoms with Crippen LogP contribution in [0, 0.1) is 0 Å². The number of ether oxygens (including phenoxy) is 3. The van der Waals surface area contributed by atoms with Gasteiger partial charge in [0.1, 0.15) is 12.7 Å². The van der Waals surface area contributed by atoms with Crippen LogP contribution in [-0.4, -0.2) is 40.8 Å². The molecule has 0 amide bonds. The van der Waals surface area contributed by atoms with E-state index in [2.05, 4.69) is 9.46 Å². The number of sulfonamides is 1. The molecule has 1 atom stereocenters. The van der Waals surface area contributed by atoms with E-state index in [1.165, 1.54) is 31.4 Å². The topological polar surface area (TPSA) is 90.9 Å². The number of hydrogen-bond acceptors (Lipinski definition) is 6. The number of fused-ring (bicyclic) bond motifs is 1. The smallest absolute Gasteiger partial charge is 0.337 e. The first kappa shape index (κ1) is 17.2. The van der Waals surface area contributed by atoms with Gasteiger partial charge in [-0.15, -0.1) is 0 Å². The van der Waals surface area contributed by atoms with Gasteiger partial charge in [0, 0.05) is 0 Å². The maximum Gasteiger partial charge on any atom is 0.337 e. The third-order valence-corrected chi connectivity index (χ3v) is 5.09. The van der Waals surface area contributed by atoms with Crippen molar-refractivity contribution in [1.29, 1.82) is 0 Å². The molecule has 0 spiro atoms. The van der Waals surface area contributed by atoms with Crippen LogP contribution in [0.2, 0.25) is 0 Å². The number of rotatable bonds is 5. The molecule has 0 saturated carbocycles. The third-order valence-electron chi connectivity index (χ3n) is 3.65. The number of methoxy groups -OCH3 is 1. The molecule has 7 nitrogen and oxygen atoms in total.